The molecule has 2 aliphatic heterocycles. The highest BCUT2D eigenvalue weighted by molar-refractivity contribution is 6.02. The summed E-state index contributed by atoms with van der Waals surface area (Å²) in [5.74, 6) is -0.161. The van der Waals surface area contributed by atoms with Crippen LogP contribution in [0.1, 0.15) is 19.8 Å². The second-order valence-electron chi connectivity index (χ2n) is 3.66. The highest BCUT2D eigenvalue weighted by Gasteiger charge is 2.53. The third-order valence-corrected chi connectivity index (χ3v) is 2.87. The molecule has 0 aromatic rings. The minimum absolute atomic E-state index is 0. The quantitative estimate of drug-likeness (QED) is 0.719. The summed E-state index contributed by atoms with van der Waals surface area (Å²) >= 11 is 0. The molecule has 0 radical (unpaired) electrons. The fourth-order valence-corrected chi connectivity index (χ4v) is 2.01. The van der Waals surface area contributed by atoms with Gasteiger partial charge in [-0.15, -0.1) is 12.4 Å². The van der Waals surface area contributed by atoms with E-state index in [9.17, 15) is 9.59 Å². The van der Waals surface area contributed by atoms with Gasteiger partial charge in [-0.2, -0.15) is 0 Å². The molecule has 2 saturated heterocycles. The predicted octanol–water partition coefficient (Wildman–Crippen LogP) is 0.529. The zero-order chi connectivity index (χ0) is 10.2. The first kappa shape index (κ1) is 12.3. The van der Waals surface area contributed by atoms with Crippen LogP contribution in [-0.2, 0) is 9.53 Å². The molecule has 2 amide bonds. The number of nitrogens with one attached hydrogen (secondary N) is 1. The molecule has 0 unspecified atom stereocenters. The number of halogens is 1. The number of hydrogen-bond acceptors (Lipinski definition) is 4. The van der Waals surface area contributed by atoms with Gasteiger partial charge in [-0.05, 0) is 20.0 Å². The molecule has 1 spiro atoms. The maximum Gasteiger partial charge on any atom is 0.417 e. The van der Waals surface area contributed by atoms with Crippen LogP contribution in [0.3, 0.4) is 0 Å². The van der Waals surface area contributed by atoms with Crippen molar-refractivity contribution >= 4 is 24.4 Å². The van der Waals surface area contributed by atoms with Gasteiger partial charge in [0.15, 0.2) is 5.60 Å². The molecule has 2 heterocycles. The van der Waals surface area contributed by atoms with Crippen LogP contribution in [0, 0.1) is 0 Å². The smallest absolute Gasteiger partial charge is 0.417 e. The minimum Gasteiger partial charge on any atom is -0.432 e. The summed E-state index contributed by atoms with van der Waals surface area (Å²) in [6.07, 6.45) is 0.696. The fourth-order valence-electron chi connectivity index (χ4n) is 2.01. The molecule has 5 nitrogen and oxygen atoms in total. The Balaban J connectivity index is 0.00000112. The Bertz CT molecular complexity index is 277. The number of nitrogens with zero attached hydrogens (tertiary/aromatic N) is 1. The number of likely N-dealkylation sites (N-methyl/N-ethyl adjacent to an activating group) is 1. The van der Waals surface area contributed by atoms with Crippen molar-refractivity contribution in [1.29, 1.82) is 0 Å². The molecule has 2 aliphatic rings. The number of imide groups is 1. The van der Waals surface area contributed by atoms with E-state index in [2.05, 4.69) is 5.32 Å². The number of hydrogen-bond donors (Lipinski definition) is 1. The summed E-state index contributed by atoms with van der Waals surface area (Å²) < 4.78 is 5.20. The summed E-state index contributed by atoms with van der Waals surface area (Å²) in [6.45, 7) is 3.64. The zero-order valence-corrected chi connectivity index (χ0v) is 9.43. The third kappa shape index (κ3) is 1.81. The van der Waals surface area contributed by atoms with Crippen molar-refractivity contribution in [2.45, 2.75) is 25.4 Å². The molecule has 0 saturated carbocycles. The van der Waals surface area contributed by atoms with E-state index in [0.717, 1.165) is 13.1 Å². The number of amides is 2. The topological polar surface area (TPSA) is 58.6 Å². The Labute approximate surface area is 94.5 Å². The van der Waals surface area contributed by atoms with Gasteiger partial charge in [-0.25, -0.2) is 9.69 Å². The van der Waals surface area contributed by atoms with E-state index >= 15 is 0 Å². The van der Waals surface area contributed by atoms with Crippen molar-refractivity contribution < 1.29 is 14.3 Å². The Morgan fingerprint density at radius 2 is 2.00 bits per heavy atom. The van der Waals surface area contributed by atoms with Crippen molar-refractivity contribution in [2.24, 2.45) is 0 Å². The van der Waals surface area contributed by atoms with Crippen LogP contribution in [-0.4, -0.2) is 42.1 Å². The standard InChI is InChI=1S/C9H14N2O3.ClH/c1-2-11-7(12)9(14-8(11)13)3-5-10-6-4-9;/h10H,2-6H2,1H3;1H. The maximum atomic E-state index is 11.9. The van der Waals surface area contributed by atoms with Gasteiger partial charge in [0.1, 0.15) is 0 Å². The SMILES string of the molecule is CCN1C(=O)OC2(CCNCC2)C1=O.Cl. The van der Waals surface area contributed by atoms with E-state index in [0.29, 0.717) is 19.4 Å². The number of piperidine rings is 1. The molecule has 2 rings (SSSR count). The Hall–Kier alpha value is -0.810. The minimum atomic E-state index is -0.849. The third-order valence-electron chi connectivity index (χ3n) is 2.87. The van der Waals surface area contributed by atoms with E-state index in [1.165, 1.54) is 4.90 Å². The van der Waals surface area contributed by atoms with Gasteiger partial charge in [0.2, 0.25) is 0 Å². The van der Waals surface area contributed by atoms with Crippen LogP contribution in [0.5, 0.6) is 0 Å². The van der Waals surface area contributed by atoms with Crippen LogP contribution in [0.25, 0.3) is 0 Å². The van der Waals surface area contributed by atoms with Crippen LogP contribution in [0.15, 0.2) is 0 Å². The van der Waals surface area contributed by atoms with Gasteiger partial charge in [-0.3, -0.25) is 4.79 Å². The van der Waals surface area contributed by atoms with Crippen LogP contribution < -0.4 is 5.32 Å². The lowest BCUT2D eigenvalue weighted by atomic mass is 9.91. The Morgan fingerprint density at radius 3 is 2.47 bits per heavy atom. The maximum absolute atomic E-state index is 11.9. The van der Waals surface area contributed by atoms with Gasteiger partial charge < -0.3 is 10.1 Å². The van der Waals surface area contributed by atoms with Gasteiger partial charge in [0.25, 0.3) is 5.91 Å². The summed E-state index contributed by atoms with van der Waals surface area (Å²) in [7, 11) is 0. The molecule has 0 aromatic heterocycles. The molecule has 0 aromatic carbocycles. The first-order valence-corrected chi connectivity index (χ1v) is 4.95. The largest absolute Gasteiger partial charge is 0.432 e. The number of carbonyl (C=O) groups is 2. The monoisotopic (exact) mass is 234 g/mol. The second kappa shape index (κ2) is 4.37. The average molecular weight is 235 g/mol. The lowest BCUT2D eigenvalue weighted by Gasteiger charge is -2.29. The first-order valence-electron chi connectivity index (χ1n) is 4.95. The van der Waals surface area contributed by atoms with E-state index in [1.807, 2.05) is 0 Å². The zero-order valence-electron chi connectivity index (χ0n) is 8.62. The molecule has 86 valence electrons. The molecule has 0 bridgehead atoms. The van der Waals surface area contributed by atoms with E-state index in [4.69, 9.17) is 4.74 Å². The Kier molecular flexibility index (Phi) is 3.57. The molecule has 2 fully saturated rings. The van der Waals surface area contributed by atoms with Gasteiger partial charge in [-0.1, -0.05) is 0 Å². The van der Waals surface area contributed by atoms with E-state index < -0.39 is 11.7 Å². The summed E-state index contributed by atoms with van der Waals surface area (Å²) in [5, 5.41) is 3.14. The first-order chi connectivity index (χ1) is 6.69. The second-order valence-corrected chi connectivity index (χ2v) is 3.66. The van der Waals surface area contributed by atoms with Gasteiger partial charge >= 0.3 is 6.09 Å². The van der Waals surface area contributed by atoms with Gasteiger partial charge in [0, 0.05) is 19.4 Å². The summed E-state index contributed by atoms with van der Waals surface area (Å²) in [4.78, 5) is 24.4. The predicted molar refractivity (Wildman–Crippen MR) is 56.0 cm³/mol. The van der Waals surface area contributed by atoms with Crippen molar-refractivity contribution in [3.05, 3.63) is 0 Å². The molecule has 0 aliphatic carbocycles. The molecule has 1 N–H and O–H groups in total. The van der Waals surface area contributed by atoms with Gasteiger partial charge in [0.05, 0.1) is 0 Å². The Morgan fingerprint density at radius 1 is 1.40 bits per heavy atom. The highest BCUT2D eigenvalue weighted by atomic mass is 35.5. The molecule has 0 atom stereocenters. The molecule has 15 heavy (non-hydrogen) atoms. The fraction of sp³-hybridized carbons (Fsp3) is 0.778. The van der Waals surface area contributed by atoms with Crippen LogP contribution >= 0.6 is 12.4 Å². The number of ether oxygens (including phenoxy) is 1. The molecule has 6 heteroatoms. The number of rotatable bonds is 1. The van der Waals surface area contributed by atoms with Crippen molar-refractivity contribution in [1.82, 2.24) is 10.2 Å². The van der Waals surface area contributed by atoms with Crippen molar-refractivity contribution in [3.63, 3.8) is 0 Å². The molecular weight excluding hydrogens is 220 g/mol. The van der Waals surface area contributed by atoms with Crippen LogP contribution in [0.2, 0.25) is 0 Å². The number of carbonyl (C=O) groups excluding carboxylic acids is 2. The summed E-state index contributed by atoms with van der Waals surface area (Å²) in [6, 6.07) is 0. The molecular formula is C9H15ClN2O3. The van der Waals surface area contributed by atoms with Crippen molar-refractivity contribution in [3.8, 4) is 0 Å². The van der Waals surface area contributed by atoms with Crippen molar-refractivity contribution in [2.75, 3.05) is 19.6 Å². The van der Waals surface area contributed by atoms with E-state index in [-0.39, 0.29) is 18.3 Å². The average Bonchev–Trinajstić information content (AvgIpc) is 2.40. The van der Waals surface area contributed by atoms with Crippen LogP contribution in [0.4, 0.5) is 4.79 Å². The van der Waals surface area contributed by atoms with E-state index in [1.54, 1.807) is 6.92 Å². The highest BCUT2D eigenvalue weighted by Crippen LogP contribution is 2.32. The lowest BCUT2D eigenvalue weighted by Crippen LogP contribution is -2.48. The summed E-state index contributed by atoms with van der Waals surface area (Å²) in [5.41, 5.74) is -0.849. The normalized spacial score (nSPS) is 23.9. The lowest BCUT2D eigenvalue weighted by molar-refractivity contribution is -0.138.